The van der Waals surface area contributed by atoms with E-state index in [1.54, 1.807) is 31.5 Å². The van der Waals surface area contributed by atoms with E-state index in [9.17, 15) is 33.6 Å². The van der Waals surface area contributed by atoms with Crippen molar-refractivity contribution in [1.29, 1.82) is 0 Å². The first-order valence-electron chi connectivity index (χ1n) is 18.9. The third-order valence-electron chi connectivity index (χ3n) is 10.8. The minimum Gasteiger partial charge on any atom is -0.461 e. The largest absolute Gasteiger partial charge is 0.461 e. The van der Waals surface area contributed by atoms with Crippen LogP contribution in [0.3, 0.4) is 0 Å². The molecule has 15 nitrogen and oxygen atoms in total. The number of carbonyl (C=O) groups is 7. The first-order chi connectivity index (χ1) is 26.0. The zero-order valence-corrected chi connectivity index (χ0v) is 30.8. The minimum absolute atomic E-state index is 0.0121. The van der Waals surface area contributed by atoms with E-state index in [1.807, 2.05) is 37.3 Å². The molecule has 0 unspecified atom stereocenters. The number of nitrogens with zero attached hydrogens (tertiary/aromatic N) is 4. The lowest BCUT2D eigenvalue weighted by Gasteiger charge is -2.39. The Labute approximate surface area is 314 Å². The van der Waals surface area contributed by atoms with Gasteiger partial charge in [0.1, 0.15) is 42.9 Å². The van der Waals surface area contributed by atoms with Gasteiger partial charge in [-0.25, -0.2) is 4.79 Å². The molecule has 2 aromatic rings. The molecule has 7 atom stereocenters. The Bertz CT molecular complexity index is 1730. The van der Waals surface area contributed by atoms with E-state index >= 15 is 0 Å². The molecular weight excluding hydrogens is 694 g/mol. The second-order valence-electron chi connectivity index (χ2n) is 14.8. The Morgan fingerprint density at radius 2 is 1.54 bits per heavy atom. The highest BCUT2D eigenvalue weighted by Crippen LogP contribution is 2.28. The van der Waals surface area contributed by atoms with Crippen LogP contribution in [0.2, 0.25) is 0 Å². The van der Waals surface area contributed by atoms with Crippen LogP contribution >= 0.6 is 0 Å². The van der Waals surface area contributed by atoms with E-state index in [2.05, 4.69) is 20.9 Å². The Kier molecular flexibility index (Phi) is 12.2. The summed E-state index contributed by atoms with van der Waals surface area (Å²) < 4.78 is 5.74. The van der Waals surface area contributed by atoms with Crippen LogP contribution in [0.1, 0.15) is 63.5 Å². The standard InChI is InChI=1S/C39H49N7O8/c1-24-19-32-39(53)54-23-29(43-34(48)28(20-26-9-4-3-5-10-26)42-33(47)21-27-13-15-40-16-14-27)37(51)45-18-8-12-31(45)38(52)44-17-7-6-11-30(44)35(49)41-25(2)36(50)46(32)22-24/h3-5,9-10,13-16,24-25,28-32H,6-8,11-12,17-23H2,1-2H3,(H,41,49)(H,42,47)(H,43,48)/t24-,25-,28-,29-,30-,31-,32-/m0/s1. The van der Waals surface area contributed by atoms with Gasteiger partial charge in [-0.3, -0.25) is 33.8 Å². The van der Waals surface area contributed by atoms with E-state index in [4.69, 9.17) is 4.74 Å². The van der Waals surface area contributed by atoms with Gasteiger partial charge in [-0.2, -0.15) is 0 Å². The molecule has 1 aromatic carbocycles. The van der Waals surface area contributed by atoms with Gasteiger partial charge in [-0.1, -0.05) is 37.3 Å². The molecule has 0 spiro atoms. The van der Waals surface area contributed by atoms with Crippen LogP contribution in [0.4, 0.5) is 0 Å². The highest BCUT2D eigenvalue weighted by atomic mass is 16.5. The average molecular weight is 744 g/mol. The smallest absolute Gasteiger partial charge is 0.328 e. The quantitative estimate of drug-likeness (QED) is 0.340. The molecule has 4 aliphatic rings. The second kappa shape index (κ2) is 17.2. The fourth-order valence-electron chi connectivity index (χ4n) is 7.98. The van der Waals surface area contributed by atoms with Gasteiger partial charge in [-0.15, -0.1) is 0 Å². The van der Waals surface area contributed by atoms with Crippen LogP contribution in [0.25, 0.3) is 0 Å². The predicted molar refractivity (Wildman–Crippen MR) is 194 cm³/mol. The first-order valence-corrected chi connectivity index (χ1v) is 18.9. The zero-order chi connectivity index (χ0) is 38.4. The Morgan fingerprint density at radius 1 is 0.833 bits per heavy atom. The molecule has 4 saturated heterocycles. The molecule has 15 heteroatoms. The second-order valence-corrected chi connectivity index (χ2v) is 14.8. The first kappa shape index (κ1) is 38.4. The summed E-state index contributed by atoms with van der Waals surface area (Å²) in [5.41, 5.74) is 1.46. The molecule has 3 N–H and O–H groups in total. The number of fused-ring (bicyclic) bond motifs is 3. The average Bonchev–Trinajstić information content (AvgIpc) is 3.83. The summed E-state index contributed by atoms with van der Waals surface area (Å²) in [4.78, 5) is 105. The summed E-state index contributed by atoms with van der Waals surface area (Å²) in [6.07, 6.45) is 6.21. The number of ether oxygens (including phenoxy) is 1. The number of cyclic esters (lactones) is 1. The molecule has 5 heterocycles. The third-order valence-corrected chi connectivity index (χ3v) is 10.8. The monoisotopic (exact) mass is 743 g/mol. The van der Waals surface area contributed by atoms with Crippen LogP contribution in [0.5, 0.6) is 0 Å². The molecule has 6 amide bonds. The molecule has 0 aliphatic carbocycles. The van der Waals surface area contributed by atoms with Gasteiger partial charge in [-0.05, 0) is 74.6 Å². The highest BCUT2D eigenvalue weighted by Gasteiger charge is 2.46. The summed E-state index contributed by atoms with van der Waals surface area (Å²) in [5.74, 6) is -3.81. The highest BCUT2D eigenvalue weighted by molar-refractivity contribution is 5.98. The van der Waals surface area contributed by atoms with Gasteiger partial charge in [0, 0.05) is 38.4 Å². The number of rotatable bonds is 7. The number of pyridine rings is 1. The minimum atomic E-state index is -1.42. The van der Waals surface area contributed by atoms with Crippen molar-refractivity contribution >= 4 is 41.4 Å². The van der Waals surface area contributed by atoms with Crippen LogP contribution in [-0.2, 0) is 51.1 Å². The predicted octanol–water partition coefficient (Wildman–Crippen LogP) is 0.507. The van der Waals surface area contributed by atoms with Crippen molar-refractivity contribution in [3.8, 4) is 0 Å². The van der Waals surface area contributed by atoms with Gasteiger partial charge < -0.3 is 35.4 Å². The summed E-state index contributed by atoms with van der Waals surface area (Å²) in [5, 5.41) is 8.35. The van der Waals surface area contributed by atoms with Crippen molar-refractivity contribution < 1.29 is 38.3 Å². The number of amides is 6. The van der Waals surface area contributed by atoms with Gasteiger partial charge in [0.2, 0.25) is 35.4 Å². The number of aromatic nitrogens is 1. The number of esters is 1. The Morgan fingerprint density at radius 3 is 2.30 bits per heavy atom. The van der Waals surface area contributed by atoms with Crippen molar-refractivity contribution in [2.45, 2.75) is 101 Å². The van der Waals surface area contributed by atoms with Gasteiger partial charge in [0.15, 0.2) is 0 Å². The van der Waals surface area contributed by atoms with Gasteiger partial charge in [0.25, 0.3) is 0 Å². The van der Waals surface area contributed by atoms with Crippen LogP contribution in [0, 0.1) is 5.92 Å². The maximum Gasteiger partial charge on any atom is 0.328 e. The molecule has 6 rings (SSSR count). The summed E-state index contributed by atoms with van der Waals surface area (Å²) in [6.45, 7) is 3.71. The number of carbonyl (C=O) groups excluding carboxylic acids is 7. The number of nitrogens with one attached hydrogen (secondary N) is 3. The fourth-order valence-corrected chi connectivity index (χ4v) is 7.98. The van der Waals surface area contributed by atoms with E-state index in [1.165, 1.54) is 14.7 Å². The molecule has 0 saturated carbocycles. The molecule has 4 aliphatic heterocycles. The molecule has 0 radical (unpaired) electrons. The van der Waals surface area contributed by atoms with Gasteiger partial charge in [0.05, 0.1) is 6.42 Å². The fraction of sp³-hybridized carbons (Fsp3) is 0.538. The molecule has 4 fully saturated rings. The van der Waals surface area contributed by atoms with Crippen molar-refractivity contribution in [2.24, 2.45) is 5.92 Å². The lowest BCUT2D eigenvalue weighted by Crippen LogP contribution is -2.62. The van der Waals surface area contributed by atoms with Crippen LogP contribution < -0.4 is 16.0 Å². The van der Waals surface area contributed by atoms with Crippen LogP contribution in [-0.4, -0.2) is 124 Å². The third kappa shape index (κ3) is 8.88. The number of hydrogen-bond acceptors (Lipinski definition) is 9. The van der Waals surface area contributed by atoms with Crippen molar-refractivity contribution in [2.75, 3.05) is 26.2 Å². The van der Waals surface area contributed by atoms with Crippen molar-refractivity contribution in [3.05, 3.63) is 66.0 Å². The van der Waals surface area contributed by atoms with E-state index in [0.717, 1.165) is 5.56 Å². The van der Waals surface area contributed by atoms with Gasteiger partial charge >= 0.3 is 5.97 Å². The lowest BCUT2D eigenvalue weighted by atomic mass is 9.99. The van der Waals surface area contributed by atoms with E-state index < -0.39 is 78.4 Å². The molecule has 0 bridgehead atoms. The summed E-state index contributed by atoms with van der Waals surface area (Å²) in [6, 6.07) is 6.32. The lowest BCUT2D eigenvalue weighted by molar-refractivity contribution is -0.158. The Hall–Kier alpha value is -5.34. The normalized spacial score (nSPS) is 27.3. The van der Waals surface area contributed by atoms with Crippen molar-refractivity contribution in [3.63, 3.8) is 0 Å². The number of piperidine rings is 1. The number of benzene rings is 1. The Balaban J connectivity index is 1.30. The van der Waals surface area contributed by atoms with E-state index in [0.29, 0.717) is 50.6 Å². The SMILES string of the molecule is C[C@H]1C[C@H]2C(=O)OC[C@H](NC(=O)[C@H](Cc3ccccc3)NC(=O)Cc3ccncc3)C(=O)N3CCC[C@H]3C(=O)N3CCCC[C@H]3C(=O)N[C@@H](C)C(=O)N2C1. The maximum atomic E-state index is 14.5. The zero-order valence-electron chi connectivity index (χ0n) is 30.8. The summed E-state index contributed by atoms with van der Waals surface area (Å²) >= 11 is 0. The molecule has 1 aromatic heterocycles. The number of hydrogen-bond donors (Lipinski definition) is 3. The molecular formula is C39H49N7O8. The molecule has 54 heavy (non-hydrogen) atoms. The maximum absolute atomic E-state index is 14.5. The molecule has 288 valence electrons. The topological polar surface area (TPSA) is 187 Å². The van der Waals surface area contributed by atoms with E-state index in [-0.39, 0.29) is 37.8 Å². The summed E-state index contributed by atoms with van der Waals surface area (Å²) in [7, 11) is 0. The van der Waals surface area contributed by atoms with Crippen LogP contribution in [0.15, 0.2) is 54.9 Å². The van der Waals surface area contributed by atoms with Crippen molar-refractivity contribution in [1.82, 2.24) is 35.6 Å².